The van der Waals surface area contributed by atoms with E-state index in [2.05, 4.69) is 20.9 Å². The van der Waals surface area contributed by atoms with Crippen molar-refractivity contribution in [1.29, 1.82) is 0 Å². The first-order valence-corrected chi connectivity index (χ1v) is 22.4. The van der Waals surface area contributed by atoms with Crippen molar-refractivity contribution in [3.63, 3.8) is 0 Å². The van der Waals surface area contributed by atoms with E-state index in [4.69, 9.17) is 69.6 Å². The maximum atomic E-state index is 14.7. The molecule has 0 aliphatic heterocycles. The molecule has 3 aromatic carbocycles. The number of ether oxygens (including phenoxy) is 6. The third-order valence-corrected chi connectivity index (χ3v) is 11.8. The lowest BCUT2D eigenvalue weighted by molar-refractivity contribution is -0.135. The lowest BCUT2D eigenvalue weighted by Gasteiger charge is -2.39. The van der Waals surface area contributed by atoms with Gasteiger partial charge in [-0.1, -0.05) is 98.2 Å². The van der Waals surface area contributed by atoms with Crippen LogP contribution in [0.5, 0.6) is 5.75 Å². The van der Waals surface area contributed by atoms with Crippen molar-refractivity contribution in [2.75, 3.05) is 60.0 Å². The van der Waals surface area contributed by atoms with Gasteiger partial charge in [-0.05, 0) is 72.6 Å². The van der Waals surface area contributed by atoms with E-state index in [1.165, 1.54) is 0 Å². The molecule has 0 saturated heterocycles. The minimum atomic E-state index is -1.47. The molecule has 3 amide bonds. The molecule has 1 heterocycles. The Balaban J connectivity index is 1.28. The Hall–Kier alpha value is -4.48. The van der Waals surface area contributed by atoms with Crippen LogP contribution in [0, 0.1) is 5.92 Å². The number of aryl methyl sites for hydroxylation is 2. The molecule has 1 unspecified atom stereocenters. The van der Waals surface area contributed by atoms with Crippen molar-refractivity contribution in [2.45, 2.75) is 76.6 Å². The molecule has 63 heavy (non-hydrogen) atoms. The molecule has 0 radical (unpaired) electrons. The van der Waals surface area contributed by atoms with E-state index in [-0.39, 0.29) is 36.8 Å². The van der Waals surface area contributed by atoms with Crippen LogP contribution in [0.25, 0.3) is 10.9 Å². The maximum Gasteiger partial charge on any atom is 0.408 e. The van der Waals surface area contributed by atoms with E-state index in [0.717, 1.165) is 27.8 Å². The van der Waals surface area contributed by atoms with Gasteiger partial charge < -0.3 is 55.1 Å². The van der Waals surface area contributed by atoms with Crippen molar-refractivity contribution in [2.24, 2.45) is 11.7 Å². The van der Waals surface area contributed by atoms with Gasteiger partial charge in [0.15, 0.2) is 0 Å². The highest BCUT2D eigenvalue weighted by Crippen LogP contribution is 2.38. The molecule has 1 aromatic heterocycles. The number of aromatic nitrogens is 1. The average molecular weight is 929 g/mol. The van der Waals surface area contributed by atoms with Crippen LogP contribution in [-0.2, 0) is 59.1 Å². The summed E-state index contributed by atoms with van der Waals surface area (Å²) >= 11 is 18.5. The Morgan fingerprint density at radius 3 is 2.21 bits per heavy atom. The minimum Gasteiger partial charge on any atom is -0.491 e. The van der Waals surface area contributed by atoms with Crippen LogP contribution < -0.4 is 26.4 Å². The third kappa shape index (κ3) is 14.8. The van der Waals surface area contributed by atoms with Crippen molar-refractivity contribution < 1.29 is 42.8 Å². The van der Waals surface area contributed by atoms with Gasteiger partial charge in [-0.3, -0.25) is 9.59 Å². The number of carbonyl (C=O) groups excluding carboxylic acids is 3. The SMILES string of the molecule is CC[C@H](C)[C@H](NC(=O)[C@@]1(NC(=O)C(CCc2ccc(OCCOCCOCCOCCOC)cc2)NC(=O)OCc2ccccc2)CCc2[nH]c3c(Cl)cc(Cl)cc3c2C1)C(N)=S. The summed E-state index contributed by atoms with van der Waals surface area (Å²) in [6, 6.07) is 18.4. The molecule has 0 fully saturated rings. The molecule has 6 N–H and O–H groups in total. The van der Waals surface area contributed by atoms with Gasteiger partial charge in [0.05, 0.1) is 67.8 Å². The van der Waals surface area contributed by atoms with Gasteiger partial charge in [0, 0.05) is 29.6 Å². The molecule has 0 spiro atoms. The number of hydrogen-bond donors (Lipinski definition) is 5. The molecule has 14 nitrogen and oxygen atoms in total. The molecule has 1 aliphatic rings. The lowest BCUT2D eigenvalue weighted by Crippen LogP contribution is -2.66. The molecule has 17 heteroatoms. The Morgan fingerprint density at radius 2 is 1.56 bits per heavy atom. The third-order valence-electron chi connectivity index (χ3n) is 11.0. The van der Waals surface area contributed by atoms with Crippen molar-refractivity contribution in [3.8, 4) is 5.75 Å². The summed E-state index contributed by atoms with van der Waals surface area (Å²) in [7, 11) is 1.63. The first-order valence-electron chi connectivity index (χ1n) is 21.2. The zero-order chi connectivity index (χ0) is 45.2. The van der Waals surface area contributed by atoms with Crippen LogP contribution in [-0.4, -0.2) is 105 Å². The van der Waals surface area contributed by atoms with E-state index in [9.17, 15) is 14.4 Å². The maximum absolute atomic E-state index is 14.7. The standard InChI is InChI=1S/C46H59Cl2N5O9S/c1-4-30(2)40(42(49)63)52-44(55)46(17-16-38-36(28-46)35-26-33(47)27-37(48)41(35)50-38)53-43(54)39(51-45(56)62-29-32-8-6-5-7-9-32)15-12-31-10-13-34(14-11-31)61-25-24-60-23-22-59-21-20-58-19-18-57-3/h5-11,13-14,26-27,30,39-40,50H,4,12,15-25,28-29H2,1-3H3,(H2,49,63)(H,51,56)(H,52,55)(H,53,54)/t30-,39?,40-,46+/m0/s1. The monoisotopic (exact) mass is 927 g/mol. The fourth-order valence-corrected chi connectivity index (χ4v) is 8.13. The number of carbonyl (C=O) groups is 3. The first-order chi connectivity index (χ1) is 30.4. The largest absolute Gasteiger partial charge is 0.491 e. The van der Waals surface area contributed by atoms with E-state index < -0.39 is 35.5 Å². The van der Waals surface area contributed by atoms with Gasteiger partial charge >= 0.3 is 6.09 Å². The number of thiocarbonyl (C=S) groups is 1. The number of alkyl carbamates (subject to hydrolysis) is 1. The van der Waals surface area contributed by atoms with E-state index in [1.54, 1.807) is 19.2 Å². The Morgan fingerprint density at radius 1 is 0.889 bits per heavy atom. The van der Waals surface area contributed by atoms with E-state index in [0.29, 0.717) is 93.4 Å². The van der Waals surface area contributed by atoms with Crippen LogP contribution in [0.15, 0.2) is 66.7 Å². The molecule has 0 bridgehead atoms. The first kappa shape index (κ1) is 49.5. The normalized spacial score (nSPS) is 16.1. The molecule has 342 valence electrons. The van der Waals surface area contributed by atoms with Crippen molar-refractivity contribution in [3.05, 3.63) is 99.2 Å². The quantitative estimate of drug-likeness (QED) is 0.0336. The van der Waals surface area contributed by atoms with E-state index >= 15 is 0 Å². The Labute approximate surface area is 384 Å². The van der Waals surface area contributed by atoms with Crippen LogP contribution in [0.1, 0.15) is 55.5 Å². The Kier molecular flexibility index (Phi) is 19.8. The second-order valence-electron chi connectivity index (χ2n) is 15.5. The van der Waals surface area contributed by atoms with Crippen LogP contribution in [0.2, 0.25) is 10.0 Å². The number of methoxy groups -OCH3 is 1. The van der Waals surface area contributed by atoms with Crippen LogP contribution >= 0.6 is 35.4 Å². The van der Waals surface area contributed by atoms with Crippen molar-refractivity contribution in [1.82, 2.24) is 20.9 Å². The summed E-state index contributed by atoms with van der Waals surface area (Å²) < 4.78 is 32.8. The average Bonchev–Trinajstić information content (AvgIpc) is 3.64. The number of hydrogen-bond acceptors (Lipinski definition) is 10. The van der Waals surface area contributed by atoms with Crippen molar-refractivity contribution >= 4 is 69.2 Å². The van der Waals surface area contributed by atoms with Crippen LogP contribution in [0.3, 0.4) is 0 Å². The molecule has 0 saturated carbocycles. The fraction of sp³-hybridized carbons (Fsp3) is 0.478. The summed E-state index contributed by atoms with van der Waals surface area (Å²) in [6.45, 7) is 7.63. The second kappa shape index (κ2) is 25.1. The van der Waals surface area contributed by atoms with Crippen LogP contribution in [0.4, 0.5) is 4.79 Å². The minimum absolute atomic E-state index is 0.00319. The van der Waals surface area contributed by atoms with Gasteiger partial charge in [-0.2, -0.15) is 0 Å². The summed E-state index contributed by atoms with van der Waals surface area (Å²) in [6.07, 6.45) is 1.26. The predicted molar refractivity (Wildman–Crippen MR) is 248 cm³/mol. The number of fused-ring (bicyclic) bond motifs is 3. The number of nitrogens with two attached hydrogens (primary N) is 1. The lowest BCUT2D eigenvalue weighted by atomic mass is 9.78. The smallest absolute Gasteiger partial charge is 0.408 e. The number of halogens is 2. The molecule has 1 aliphatic carbocycles. The summed E-state index contributed by atoms with van der Waals surface area (Å²) in [5, 5.41) is 10.6. The zero-order valence-corrected chi connectivity index (χ0v) is 38.4. The summed E-state index contributed by atoms with van der Waals surface area (Å²) in [5.74, 6) is -0.421. The molecule has 5 rings (SSSR count). The number of H-pyrrole nitrogens is 1. The van der Waals surface area contributed by atoms with Gasteiger partial charge in [-0.25, -0.2) is 4.79 Å². The summed E-state index contributed by atoms with van der Waals surface area (Å²) in [4.78, 5) is 46.2. The van der Waals surface area contributed by atoms with E-state index in [1.807, 2.05) is 68.4 Å². The number of nitrogens with one attached hydrogen (secondary N) is 4. The van der Waals surface area contributed by atoms with Gasteiger partial charge in [-0.15, -0.1) is 0 Å². The van der Waals surface area contributed by atoms with Gasteiger partial charge in [0.1, 0.15) is 30.5 Å². The predicted octanol–water partition coefficient (Wildman–Crippen LogP) is 6.64. The number of aromatic amines is 1. The highest BCUT2D eigenvalue weighted by atomic mass is 35.5. The number of amides is 3. The second-order valence-corrected chi connectivity index (χ2v) is 16.8. The highest BCUT2D eigenvalue weighted by Gasteiger charge is 2.46. The fourth-order valence-electron chi connectivity index (χ4n) is 7.30. The Bertz CT molecular complexity index is 2110. The highest BCUT2D eigenvalue weighted by molar-refractivity contribution is 7.80. The zero-order valence-electron chi connectivity index (χ0n) is 36.1. The topological polar surface area (TPSA) is 184 Å². The van der Waals surface area contributed by atoms with Gasteiger partial charge in [0.2, 0.25) is 11.8 Å². The number of benzene rings is 3. The molecule has 4 aromatic rings. The van der Waals surface area contributed by atoms with Gasteiger partial charge in [0.25, 0.3) is 0 Å². The summed E-state index contributed by atoms with van der Waals surface area (Å²) in [5.41, 5.74) is 8.76. The molecule has 4 atom stereocenters. The number of rotatable bonds is 26. The molecular formula is C46H59Cl2N5O9S. The molecular weight excluding hydrogens is 870 g/mol.